The summed E-state index contributed by atoms with van der Waals surface area (Å²) in [6, 6.07) is -0.960. The lowest BCUT2D eigenvalue weighted by atomic mass is 9.92. The first kappa shape index (κ1) is 13.9. The van der Waals surface area contributed by atoms with Gasteiger partial charge in [-0.3, -0.25) is 4.79 Å². The number of aliphatic carboxylic acids is 1. The predicted molar refractivity (Wildman–Crippen MR) is 61.3 cm³/mol. The molecular formula is C11H20N2O4. The van der Waals surface area contributed by atoms with Crippen molar-refractivity contribution < 1.29 is 19.8 Å². The number of carbonyl (C=O) groups is 2. The predicted octanol–water partition coefficient (Wildman–Crippen LogP) is -0.450. The summed E-state index contributed by atoms with van der Waals surface area (Å²) >= 11 is 0. The van der Waals surface area contributed by atoms with Crippen LogP contribution in [0.5, 0.6) is 0 Å². The molecule has 4 N–H and O–H groups in total. The molecule has 6 heteroatoms. The molecule has 0 saturated carbocycles. The van der Waals surface area contributed by atoms with Crippen LogP contribution in [0.2, 0.25) is 0 Å². The number of rotatable bonds is 4. The minimum Gasteiger partial charge on any atom is -0.480 e. The molecule has 1 unspecified atom stereocenters. The van der Waals surface area contributed by atoms with Gasteiger partial charge in [0.05, 0.1) is 11.6 Å². The molecule has 6 nitrogen and oxygen atoms in total. The van der Waals surface area contributed by atoms with Crippen LogP contribution in [0, 0.1) is 0 Å². The molecule has 0 aromatic rings. The summed E-state index contributed by atoms with van der Waals surface area (Å²) in [5, 5.41) is 18.5. The maximum atomic E-state index is 12.2. The molecule has 0 bridgehead atoms. The summed E-state index contributed by atoms with van der Waals surface area (Å²) in [5.74, 6) is -1.48. The van der Waals surface area contributed by atoms with E-state index >= 15 is 0 Å². The molecule has 1 rings (SSSR count). The van der Waals surface area contributed by atoms with Gasteiger partial charge in [0.25, 0.3) is 0 Å². The number of nitrogens with zero attached hydrogens (tertiary/aromatic N) is 1. The molecule has 17 heavy (non-hydrogen) atoms. The third kappa shape index (κ3) is 2.58. The van der Waals surface area contributed by atoms with E-state index in [2.05, 4.69) is 0 Å². The zero-order valence-corrected chi connectivity index (χ0v) is 10.2. The van der Waals surface area contributed by atoms with E-state index in [1.54, 1.807) is 13.8 Å². The fourth-order valence-corrected chi connectivity index (χ4v) is 2.11. The highest BCUT2D eigenvalue weighted by Crippen LogP contribution is 2.24. The van der Waals surface area contributed by atoms with Crippen LogP contribution in [0.3, 0.4) is 0 Å². The zero-order chi connectivity index (χ0) is 13.2. The number of nitrogens with two attached hydrogens (primary N) is 1. The number of hydrogen-bond acceptors (Lipinski definition) is 4. The summed E-state index contributed by atoms with van der Waals surface area (Å²) < 4.78 is 0. The Morgan fingerprint density at radius 2 is 1.94 bits per heavy atom. The number of carboxylic acid groups (broad SMARTS) is 1. The maximum Gasteiger partial charge on any atom is 0.326 e. The SMILES string of the molecule is CCC(N)(CC)C(=O)N1CC(O)C[C@H]1C(=O)O. The number of carbonyl (C=O) groups excluding carboxylic acids is 1. The molecule has 1 aliphatic heterocycles. The van der Waals surface area contributed by atoms with Gasteiger partial charge in [-0.25, -0.2) is 4.79 Å². The molecule has 0 aromatic heterocycles. The largest absolute Gasteiger partial charge is 0.480 e. The molecule has 1 fully saturated rings. The normalized spacial score (nSPS) is 25.1. The second kappa shape index (κ2) is 5.01. The second-order valence-corrected chi connectivity index (χ2v) is 4.56. The van der Waals surface area contributed by atoms with E-state index in [9.17, 15) is 14.7 Å². The Bertz CT molecular complexity index is 315. The number of aliphatic hydroxyl groups excluding tert-OH is 1. The topological polar surface area (TPSA) is 104 Å². The zero-order valence-electron chi connectivity index (χ0n) is 10.2. The summed E-state index contributed by atoms with van der Waals surface area (Å²) in [6.45, 7) is 3.64. The van der Waals surface area contributed by atoms with Crippen LogP contribution >= 0.6 is 0 Å². The van der Waals surface area contributed by atoms with Crippen molar-refractivity contribution in [2.75, 3.05) is 6.54 Å². The van der Waals surface area contributed by atoms with Gasteiger partial charge < -0.3 is 20.8 Å². The first-order valence-corrected chi connectivity index (χ1v) is 5.86. The van der Waals surface area contributed by atoms with Crippen molar-refractivity contribution >= 4 is 11.9 Å². The highest BCUT2D eigenvalue weighted by molar-refractivity contribution is 5.90. The number of hydrogen-bond donors (Lipinski definition) is 3. The summed E-state index contributed by atoms with van der Waals surface area (Å²) in [6.07, 6.45) is 0.186. The smallest absolute Gasteiger partial charge is 0.326 e. The van der Waals surface area contributed by atoms with Gasteiger partial charge in [-0.2, -0.15) is 0 Å². The van der Waals surface area contributed by atoms with Crippen molar-refractivity contribution in [3.05, 3.63) is 0 Å². The Labute approximate surface area is 100 Å². The molecular weight excluding hydrogens is 224 g/mol. The lowest BCUT2D eigenvalue weighted by Gasteiger charge is -2.32. The van der Waals surface area contributed by atoms with Crippen LogP contribution in [-0.4, -0.2) is 51.2 Å². The molecule has 0 spiro atoms. The summed E-state index contributed by atoms with van der Waals surface area (Å²) in [7, 11) is 0. The molecule has 1 heterocycles. The van der Waals surface area contributed by atoms with Crippen molar-refractivity contribution in [3.8, 4) is 0 Å². The van der Waals surface area contributed by atoms with Gasteiger partial charge in [0.15, 0.2) is 0 Å². The van der Waals surface area contributed by atoms with Gasteiger partial charge in [-0.05, 0) is 12.8 Å². The van der Waals surface area contributed by atoms with Crippen LogP contribution in [0.25, 0.3) is 0 Å². The van der Waals surface area contributed by atoms with Crippen LogP contribution in [-0.2, 0) is 9.59 Å². The molecule has 0 aliphatic carbocycles. The van der Waals surface area contributed by atoms with Crippen LogP contribution in [0.1, 0.15) is 33.1 Å². The standard InChI is InChI=1S/C11H20N2O4/c1-3-11(12,4-2)10(17)13-6-7(14)5-8(13)9(15)16/h7-8,14H,3-6,12H2,1-2H3,(H,15,16)/t7?,8-/m0/s1. The number of carboxylic acids is 1. The Kier molecular flexibility index (Phi) is 4.11. The third-order valence-corrected chi connectivity index (χ3v) is 3.51. The summed E-state index contributed by atoms with van der Waals surface area (Å²) in [4.78, 5) is 24.4. The molecule has 2 atom stereocenters. The average Bonchev–Trinajstić information content (AvgIpc) is 2.69. The van der Waals surface area contributed by atoms with Crippen molar-refractivity contribution in [2.45, 2.75) is 50.8 Å². The van der Waals surface area contributed by atoms with E-state index in [1.807, 2.05) is 0 Å². The fraction of sp³-hybridized carbons (Fsp3) is 0.818. The minimum atomic E-state index is -1.09. The van der Waals surface area contributed by atoms with E-state index in [0.29, 0.717) is 12.8 Å². The van der Waals surface area contributed by atoms with Crippen molar-refractivity contribution in [3.63, 3.8) is 0 Å². The number of likely N-dealkylation sites (tertiary alicyclic amines) is 1. The number of aliphatic hydroxyl groups is 1. The van der Waals surface area contributed by atoms with E-state index in [-0.39, 0.29) is 18.9 Å². The quantitative estimate of drug-likeness (QED) is 0.621. The van der Waals surface area contributed by atoms with E-state index in [0.717, 1.165) is 0 Å². The third-order valence-electron chi connectivity index (χ3n) is 3.51. The van der Waals surface area contributed by atoms with E-state index in [1.165, 1.54) is 4.90 Å². The van der Waals surface area contributed by atoms with Gasteiger partial charge >= 0.3 is 5.97 Å². The van der Waals surface area contributed by atoms with Crippen molar-refractivity contribution in [1.82, 2.24) is 4.90 Å². The molecule has 1 aliphatic rings. The monoisotopic (exact) mass is 244 g/mol. The van der Waals surface area contributed by atoms with Gasteiger partial charge in [0, 0.05) is 13.0 Å². The van der Waals surface area contributed by atoms with Gasteiger partial charge in [0.1, 0.15) is 6.04 Å². The molecule has 0 aromatic carbocycles. The summed E-state index contributed by atoms with van der Waals surface area (Å²) in [5.41, 5.74) is 4.93. The van der Waals surface area contributed by atoms with E-state index in [4.69, 9.17) is 10.8 Å². The highest BCUT2D eigenvalue weighted by atomic mass is 16.4. The van der Waals surface area contributed by atoms with Crippen LogP contribution < -0.4 is 5.73 Å². The number of β-amino-alcohol motifs (C(OH)–C–C–N with tert-alkyl or cyclic N) is 1. The van der Waals surface area contributed by atoms with Crippen LogP contribution in [0.15, 0.2) is 0 Å². The maximum absolute atomic E-state index is 12.2. The molecule has 0 radical (unpaired) electrons. The lowest BCUT2D eigenvalue weighted by Crippen LogP contribution is -2.57. The molecule has 98 valence electrons. The Morgan fingerprint density at radius 1 is 1.41 bits per heavy atom. The van der Waals surface area contributed by atoms with Gasteiger partial charge in [-0.15, -0.1) is 0 Å². The second-order valence-electron chi connectivity index (χ2n) is 4.56. The lowest BCUT2D eigenvalue weighted by molar-refractivity contribution is -0.150. The molecule has 1 amide bonds. The first-order valence-electron chi connectivity index (χ1n) is 5.86. The Balaban J connectivity index is 2.91. The van der Waals surface area contributed by atoms with Crippen LogP contribution in [0.4, 0.5) is 0 Å². The first-order chi connectivity index (χ1) is 7.85. The number of amides is 1. The van der Waals surface area contributed by atoms with E-state index < -0.39 is 23.7 Å². The molecule has 1 saturated heterocycles. The fourth-order valence-electron chi connectivity index (χ4n) is 2.11. The van der Waals surface area contributed by atoms with Crippen molar-refractivity contribution in [1.29, 1.82) is 0 Å². The average molecular weight is 244 g/mol. The van der Waals surface area contributed by atoms with Gasteiger partial charge in [-0.1, -0.05) is 13.8 Å². The highest BCUT2D eigenvalue weighted by Gasteiger charge is 2.44. The van der Waals surface area contributed by atoms with Gasteiger partial charge in [0.2, 0.25) is 5.91 Å². The minimum absolute atomic E-state index is 0.0503. The Hall–Kier alpha value is -1.14. The van der Waals surface area contributed by atoms with Crippen molar-refractivity contribution in [2.24, 2.45) is 5.73 Å². The Morgan fingerprint density at radius 3 is 2.35 bits per heavy atom.